The Morgan fingerprint density at radius 3 is 2.70 bits per heavy atom. The topological polar surface area (TPSA) is 88.7 Å². The first-order chi connectivity index (χ1) is 12.9. The lowest BCUT2D eigenvalue weighted by Gasteiger charge is -2.32. The zero-order chi connectivity index (χ0) is 19.8. The third-order valence-electron chi connectivity index (χ3n) is 5.09. The molecule has 0 aromatic carbocycles. The summed E-state index contributed by atoms with van der Waals surface area (Å²) in [5, 5.41) is 8.94. The van der Waals surface area contributed by atoms with Crippen molar-refractivity contribution in [1.29, 1.82) is 0 Å². The number of fused-ring (bicyclic) bond motifs is 1. The molecule has 2 rings (SSSR count). The Labute approximate surface area is 166 Å². The number of ether oxygens (including phenoxy) is 2. The van der Waals surface area contributed by atoms with Gasteiger partial charge in [0.25, 0.3) is 0 Å². The summed E-state index contributed by atoms with van der Waals surface area (Å²) < 4.78 is 10.7. The standard InChI is InChI=1S/C19H33N3O4S/c1-4-10-25-12-13-26-11-9-20-16(23)8-6-5-7-15-19(3)18(2,14-27-15)21-17(24)22-19/h7H,4-6,8-14H2,1-3H3,(H,20,23)(H2,21,22,24)/b15-7+/t18-,19+/m0/s1. The van der Waals surface area contributed by atoms with Crippen LogP contribution in [-0.2, 0) is 14.3 Å². The fraction of sp³-hybridized carbons (Fsp3) is 0.789. The molecule has 27 heavy (non-hydrogen) atoms. The van der Waals surface area contributed by atoms with E-state index in [0.29, 0.717) is 32.8 Å². The molecule has 3 amide bonds. The van der Waals surface area contributed by atoms with Gasteiger partial charge in [-0.25, -0.2) is 4.79 Å². The number of urea groups is 1. The minimum atomic E-state index is -0.352. The van der Waals surface area contributed by atoms with Crippen molar-refractivity contribution in [2.24, 2.45) is 0 Å². The van der Waals surface area contributed by atoms with Gasteiger partial charge in [0, 0.05) is 30.2 Å². The van der Waals surface area contributed by atoms with E-state index in [1.165, 1.54) is 4.91 Å². The molecule has 0 saturated carbocycles. The second-order valence-electron chi connectivity index (χ2n) is 7.36. The fourth-order valence-electron chi connectivity index (χ4n) is 3.23. The zero-order valence-corrected chi connectivity index (χ0v) is 17.5. The molecule has 8 heteroatoms. The van der Waals surface area contributed by atoms with Crippen molar-refractivity contribution in [1.82, 2.24) is 16.0 Å². The van der Waals surface area contributed by atoms with Crippen LogP contribution < -0.4 is 16.0 Å². The van der Waals surface area contributed by atoms with Gasteiger partial charge in [-0.05, 0) is 33.1 Å². The van der Waals surface area contributed by atoms with Gasteiger partial charge in [-0.1, -0.05) is 13.0 Å². The van der Waals surface area contributed by atoms with E-state index in [4.69, 9.17) is 9.47 Å². The normalized spacial score (nSPS) is 28.1. The first-order valence-electron chi connectivity index (χ1n) is 9.77. The molecule has 2 aliphatic heterocycles. The molecule has 2 atom stereocenters. The molecular formula is C19H33N3O4S. The average Bonchev–Trinajstić information content (AvgIpc) is 2.98. The summed E-state index contributed by atoms with van der Waals surface area (Å²) >= 11 is 1.78. The summed E-state index contributed by atoms with van der Waals surface area (Å²) in [6.45, 7) is 9.16. The van der Waals surface area contributed by atoms with E-state index in [0.717, 1.165) is 31.6 Å². The van der Waals surface area contributed by atoms with Crippen molar-refractivity contribution in [3.8, 4) is 0 Å². The summed E-state index contributed by atoms with van der Waals surface area (Å²) in [7, 11) is 0. The van der Waals surface area contributed by atoms with Crippen LogP contribution in [0.2, 0.25) is 0 Å². The predicted octanol–water partition coefficient (Wildman–Crippen LogP) is 2.18. The van der Waals surface area contributed by atoms with Crippen LogP contribution in [-0.4, -0.2) is 61.7 Å². The molecule has 0 aromatic rings. The first kappa shape index (κ1) is 22.0. The zero-order valence-electron chi connectivity index (χ0n) is 16.7. The van der Waals surface area contributed by atoms with Crippen molar-refractivity contribution < 1.29 is 19.1 Å². The molecule has 0 aromatic heterocycles. The van der Waals surface area contributed by atoms with Gasteiger partial charge < -0.3 is 25.4 Å². The molecule has 0 bridgehead atoms. The highest BCUT2D eigenvalue weighted by Gasteiger charge is 2.58. The molecule has 7 nitrogen and oxygen atoms in total. The van der Waals surface area contributed by atoms with E-state index in [1.54, 1.807) is 11.8 Å². The highest BCUT2D eigenvalue weighted by atomic mass is 32.2. The van der Waals surface area contributed by atoms with Gasteiger partial charge in [-0.15, -0.1) is 11.8 Å². The number of rotatable bonds is 12. The number of hydrogen-bond donors (Lipinski definition) is 3. The van der Waals surface area contributed by atoms with E-state index in [1.807, 2.05) is 0 Å². The summed E-state index contributed by atoms with van der Waals surface area (Å²) in [6, 6.07) is -0.107. The fourth-order valence-corrected chi connectivity index (χ4v) is 4.83. The van der Waals surface area contributed by atoms with Gasteiger partial charge in [0.2, 0.25) is 5.91 Å². The Morgan fingerprint density at radius 1 is 1.22 bits per heavy atom. The Bertz CT molecular complexity index is 557. The summed E-state index contributed by atoms with van der Waals surface area (Å²) in [5.41, 5.74) is -0.602. The Balaban J connectivity index is 1.57. The lowest BCUT2D eigenvalue weighted by molar-refractivity contribution is -0.121. The van der Waals surface area contributed by atoms with Gasteiger partial charge in [0.1, 0.15) is 0 Å². The minimum Gasteiger partial charge on any atom is -0.379 e. The maximum Gasteiger partial charge on any atom is 0.316 e. The number of unbranched alkanes of at least 4 members (excludes halogenated alkanes) is 1. The molecule has 2 fully saturated rings. The van der Waals surface area contributed by atoms with E-state index in [9.17, 15) is 9.59 Å². The van der Waals surface area contributed by atoms with Crippen LogP contribution in [0.1, 0.15) is 46.5 Å². The van der Waals surface area contributed by atoms with Crippen molar-refractivity contribution >= 4 is 23.7 Å². The molecule has 3 N–H and O–H groups in total. The molecule has 0 unspecified atom stereocenters. The SMILES string of the molecule is CCCOCCOCCNC(=O)CCC/C=C1/SC[C@]2(C)NC(=O)N[C@]12C. The molecule has 0 spiro atoms. The van der Waals surface area contributed by atoms with Crippen molar-refractivity contribution in [2.45, 2.75) is 57.5 Å². The minimum absolute atomic E-state index is 0.0465. The van der Waals surface area contributed by atoms with Gasteiger partial charge in [0.05, 0.1) is 30.9 Å². The maximum absolute atomic E-state index is 11.9. The third kappa shape index (κ3) is 5.86. The number of allylic oxidation sites excluding steroid dienone is 1. The molecule has 2 heterocycles. The number of carbonyl (C=O) groups excluding carboxylic acids is 2. The number of hydrogen-bond acceptors (Lipinski definition) is 5. The molecule has 0 radical (unpaired) electrons. The lowest BCUT2D eigenvalue weighted by atomic mass is 9.82. The highest BCUT2D eigenvalue weighted by molar-refractivity contribution is 8.03. The predicted molar refractivity (Wildman–Crippen MR) is 108 cm³/mol. The van der Waals surface area contributed by atoms with E-state index in [-0.39, 0.29) is 23.0 Å². The lowest BCUT2D eigenvalue weighted by Crippen LogP contribution is -2.54. The monoisotopic (exact) mass is 399 g/mol. The first-order valence-corrected chi connectivity index (χ1v) is 10.8. The smallest absolute Gasteiger partial charge is 0.316 e. The average molecular weight is 400 g/mol. The molecular weight excluding hydrogens is 366 g/mol. The summed E-state index contributed by atoms with van der Waals surface area (Å²) in [6.07, 6.45) is 5.27. The summed E-state index contributed by atoms with van der Waals surface area (Å²) in [4.78, 5) is 24.8. The van der Waals surface area contributed by atoms with E-state index in [2.05, 4.69) is 42.8 Å². The van der Waals surface area contributed by atoms with Crippen LogP contribution in [0.15, 0.2) is 11.0 Å². The van der Waals surface area contributed by atoms with Crippen LogP contribution in [0.5, 0.6) is 0 Å². The van der Waals surface area contributed by atoms with E-state index >= 15 is 0 Å². The highest BCUT2D eigenvalue weighted by Crippen LogP contribution is 2.48. The van der Waals surface area contributed by atoms with Crippen LogP contribution in [0, 0.1) is 0 Å². The Morgan fingerprint density at radius 2 is 1.96 bits per heavy atom. The number of nitrogens with one attached hydrogen (secondary N) is 3. The third-order valence-corrected chi connectivity index (χ3v) is 6.70. The number of carbonyl (C=O) groups is 2. The Kier molecular flexibility index (Phi) is 8.44. The second kappa shape index (κ2) is 10.3. The van der Waals surface area contributed by atoms with Crippen LogP contribution in [0.25, 0.3) is 0 Å². The van der Waals surface area contributed by atoms with Crippen molar-refractivity contribution in [3.05, 3.63) is 11.0 Å². The van der Waals surface area contributed by atoms with Gasteiger partial charge in [0.15, 0.2) is 0 Å². The van der Waals surface area contributed by atoms with Gasteiger partial charge in [-0.2, -0.15) is 0 Å². The van der Waals surface area contributed by atoms with E-state index < -0.39 is 0 Å². The summed E-state index contributed by atoms with van der Waals surface area (Å²) in [5.74, 6) is 0.906. The number of thioether (sulfide) groups is 1. The number of amides is 3. The quantitative estimate of drug-likeness (QED) is 0.346. The van der Waals surface area contributed by atoms with Crippen LogP contribution in [0.4, 0.5) is 4.79 Å². The Hall–Kier alpha value is -1.25. The second-order valence-corrected chi connectivity index (χ2v) is 8.38. The van der Waals surface area contributed by atoms with Gasteiger partial charge in [-0.3, -0.25) is 4.79 Å². The van der Waals surface area contributed by atoms with Crippen molar-refractivity contribution in [2.75, 3.05) is 38.7 Å². The largest absolute Gasteiger partial charge is 0.379 e. The molecule has 0 aliphatic carbocycles. The molecule has 154 valence electrons. The maximum atomic E-state index is 11.9. The molecule has 2 aliphatic rings. The van der Waals surface area contributed by atoms with Crippen LogP contribution in [0.3, 0.4) is 0 Å². The molecule has 2 saturated heterocycles. The van der Waals surface area contributed by atoms with Crippen LogP contribution >= 0.6 is 11.8 Å². The van der Waals surface area contributed by atoms with Gasteiger partial charge >= 0.3 is 6.03 Å². The van der Waals surface area contributed by atoms with Crippen molar-refractivity contribution in [3.63, 3.8) is 0 Å².